The topological polar surface area (TPSA) is 64.9 Å². The summed E-state index contributed by atoms with van der Waals surface area (Å²) >= 11 is 0. The lowest BCUT2D eigenvalue weighted by molar-refractivity contribution is -0.121. The number of carbonyl (C=O) groups excluding carboxylic acids is 1. The minimum atomic E-state index is 0.0236. The first-order chi connectivity index (χ1) is 5.66. The predicted octanol–water partition coefficient (Wildman–Crippen LogP) is 0.0143. The van der Waals surface area contributed by atoms with Gasteiger partial charge in [-0.05, 0) is 13.8 Å². The largest absolute Gasteiger partial charge is 0.354 e. The zero-order valence-electron chi connectivity index (χ0n) is 7.55. The van der Waals surface area contributed by atoms with Crippen LogP contribution >= 0.6 is 0 Å². The zero-order chi connectivity index (χ0) is 9.40. The monoisotopic (exact) mass is 169 g/mol. The smallest absolute Gasteiger partial charge is 0.221 e. The molecule has 0 rings (SSSR count). The molecule has 12 heavy (non-hydrogen) atoms. The zero-order valence-corrected chi connectivity index (χ0v) is 7.55. The highest BCUT2D eigenvalue weighted by Gasteiger charge is 2.01. The van der Waals surface area contributed by atoms with Crippen molar-refractivity contribution in [3.05, 3.63) is 0 Å². The van der Waals surface area contributed by atoms with E-state index in [2.05, 4.69) is 10.6 Å². The van der Waals surface area contributed by atoms with E-state index in [0.29, 0.717) is 19.5 Å². The molecule has 0 aromatic carbocycles. The molecule has 1 amide bonds. The SMILES string of the molecule is CC(C)NC(=O)CCNCC#N. The van der Waals surface area contributed by atoms with Gasteiger partial charge in [-0.15, -0.1) is 0 Å². The fourth-order valence-electron chi connectivity index (χ4n) is 0.740. The van der Waals surface area contributed by atoms with Crippen LogP contribution in [0.15, 0.2) is 0 Å². The van der Waals surface area contributed by atoms with Gasteiger partial charge in [0, 0.05) is 19.0 Å². The summed E-state index contributed by atoms with van der Waals surface area (Å²) in [5.74, 6) is 0.0236. The first-order valence-corrected chi connectivity index (χ1v) is 4.04. The second-order valence-electron chi connectivity index (χ2n) is 2.81. The van der Waals surface area contributed by atoms with Crippen LogP contribution in [0.1, 0.15) is 20.3 Å². The average molecular weight is 169 g/mol. The van der Waals surface area contributed by atoms with E-state index in [1.165, 1.54) is 0 Å². The number of nitriles is 1. The molecule has 0 bridgehead atoms. The molecule has 0 spiro atoms. The van der Waals surface area contributed by atoms with Crippen LogP contribution in [0.3, 0.4) is 0 Å². The molecular formula is C8H15N3O. The van der Waals surface area contributed by atoms with Crippen LogP contribution in [0.25, 0.3) is 0 Å². The van der Waals surface area contributed by atoms with Crippen LogP contribution in [0.4, 0.5) is 0 Å². The first kappa shape index (κ1) is 10.9. The third-order valence-corrected chi connectivity index (χ3v) is 1.18. The molecule has 4 nitrogen and oxygen atoms in total. The molecule has 0 aliphatic heterocycles. The fraction of sp³-hybridized carbons (Fsp3) is 0.750. The molecule has 0 heterocycles. The van der Waals surface area contributed by atoms with E-state index < -0.39 is 0 Å². The summed E-state index contributed by atoms with van der Waals surface area (Å²) in [6.45, 7) is 4.70. The quantitative estimate of drug-likeness (QED) is 0.450. The molecule has 0 atom stereocenters. The second-order valence-corrected chi connectivity index (χ2v) is 2.81. The molecule has 0 aliphatic rings. The molecule has 0 saturated carbocycles. The highest BCUT2D eigenvalue weighted by molar-refractivity contribution is 5.76. The van der Waals surface area contributed by atoms with Gasteiger partial charge in [0.05, 0.1) is 12.6 Å². The van der Waals surface area contributed by atoms with Gasteiger partial charge in [0.2, 0.25) is 5.91 Å². The minimum Gasteiger partial charge on any atom is -0.354 e. The number of nitrogens with one attached hydrogen (secondary N) is 2. The molecule has 0 aliphatic carbocycles. The van der Waals surface area contributed by atoms with Gasteiger partial charge in [-0.1, -0.05) is 0 Å². The molecule has 0 saturated heterocycles. The van der Waals surface area contributed by atoms with Crippen molar-refractivity contribution in [2.24, 2.45) is 0 Å². The van der Waals surface area contributed by atoms with E-state index in [-0.39, 0.29) is 11.9 Å². The Hall–Kier alpha value is -1.08. The number of rotatable bonds is 5. The van der Waals surface area contributed by atoms with E-state index in [9.17, 15) is 4.79 Å². The molecule has 0 fully saturated rings. The molecule has 4 heteroatoms. The summed E-state index contributed by atoms with van der Waals surface area (Å²) in [7, 11) is 0. The third-order valence-electron chi connectivity index (χ3n) is 1.18. The Morgan fingerprint density at radius 1 is 1.58 bits per heavy atom. The van der Waals surface area contributed by atoms with Crippen molar-refractivity contribution in [1.82, 2.24) is 10.6 Å². The van der Waals surface area contributed by atoms with E-state index >= 15 is 0 Å². The molecule has 0 aromatic heterocycles. The van der Waals surface area contributed by atoms with Gasteiger partial charge in [-0.2, -0.15) is 5.26 Å². The highest BCUT2D eigenvalue weighted by Crippen LogP contribution is 1.81. The molecular weight excluding hydrogens is 154 g/mol. The first-order valence-electron chi connectivity index (χ1n) is 4.04. The Kier molecular flexibility index (Phi) is 6.02. The normalized spacial score (nSPS) is 9.50. The van der Waals surface area contributed by atoms with E-state index in [1.54, 1.807) is 0 Å². The number of nitrogens with zero attached hydrogens (tertiary/aromatic N) is 1. The predicted molar refractivity (Wildman–Crippen MR) is 46.4 cm³/mol. The van der Waals surface area contributed by atoms with E-state index in [1.807, 2.05) is 19.9 Å². The van der Waals surface area contributed by atoms with Crippen LogP contribution in [-0.2, 0) is 4.79 Å². The van der Waals surface area contributed by atoms with Gasteiger partial charge in [-0.3, -0.25) is 4.79 Å². The lowest BCUT2D eigenvalue weighted by atomic mass is 10.3. The molecule has 0 aromatic rings. The third kappa shape index (κ3) is 7.03. The maximum Gasteiger partial charge on any atom is 0.221 e. The second kappa shape index (κ2) is 6.62. The number of amides is 1. The maximum absolute atomic E-state index is 11.0. The van der Waals surface area contributed by atoms with Crippen LogP contribution in [0, 0.1) is 11.3 Å². The van der Waals surface area contributed by atoms with Crippen LogP contribution in [-0.4, -0.2) is 25.0 Å². The Morgan fingerprint density at radius 2 is 2.25 bits per heavy atom. The standard InChI is InChI=1S/C8H15N3O/c1-7(2)11-8(12)3-5-10-6-4-9/h7,10H,3,5-6H2,1-2H3,(H,11,12). The van der Waals surface area contributed by atoms with Gasteiger partial charge in [0.25, 0.3) is 0 Å². The molecule has 0 unspecified atom stereocenters. The summed E-state index contributed by atoms with van der Waals surface area (Å²) in [6, 6.07) is 2.13. The van der Waals surface area contributed by atoms with Crippen molar-refractivity contribution in [2.75, 3.05) is 13.1 Å². The fourth-order valence-corrected chi connectivity index (χ4v) is 0.740. The van der Waals surface area contributed by atoms with Gasteiger partial charge in [-0.25, -0.2) is 0 Å². The number of carbonyl (C=O) groups is 1. The summed E-state index contributed by atoms with van der Waals surface area (Å²) in [5, 5.41) is 13.7. The Labute approximate surface area is 72.9 Å². The minimum absolute atomic E-state index is 0.0236. The summed E-state index contributed by atoms with van der Waals surface area (Å²) in [5.41, 5.74) is 0. The Bertz CT molecular complexity index is 172. The van der Waals surface area contributed by atoms with Gasteiger partial charge in [0.1, 0.15) is 0 Å². The average Bonchev–Trinajstić information content (AvgIpc) is 1.97. The van der Waals surface area contributed by atoms with Crippen molar-refractivity contribution >= 4 is 5.91 Å². The number of hydrogen-bond donors (Lipinski definition) is 2. The molecule has 68 valence electrons. The Morgan fingerprint density at radius 3 is 2.75 bits per heavy atom. The maximum atomic E-state index is 11.0. The van der Waals surface area contributed by atoms with Gasteiger partial charge < -0.3 is 10.6 Å². The molecule has 0 radical (unpaired) electrons. The highest BCUT2D eigenvalue weighted by atomic mass is 16.1. The summed E-state index contributed by atoms with van der Waals surface area (Å²) < 4.78 is 0. The van der Waals surface area contributed by atoms with Gasteiger partial charge in [0.15, 0.2) is 0 Å². The number of hydrogen-bond acceptors (Lipinski definition) is 3. The summed E-state index contributed by atoms with van der Waals surface area (Å²) in [6.07, 6.45) is 0.430. The van der Waals surface area contributed by atoms with Crippen molar-refractivity contribution in [1.29, 1.82) is 5.26 Å². The van der Waals surface area contributed by atoms with Crippen LogP contribution < -0.4 is 10.6 Å². The van der Waals surface area contributed by atoms with Crippen LogP contribution in [0.2, 0.25) is 0 Å². The molecule has 2 N–H and O–H groups in total. The lowest BCUT2D eigenvalue weighted by Crippen LogP contribution is -2.32. The van der Waals surface area contributed by atoms with E-state index in [0.717, 1.165) is 0 Å². The van der Waals surface area contributed by atoms with Crippen molar-refractivity contribution in [3.63, 3.8) is 0 Å². The van der Waals surface area contributed by atoms with Gasteiger partial charge >= 0.3 is 0 Å². The summed E-state index contributed by atoms with van der Waals surface area (Å²) in [4.78, 5) is 11.0. The van der Waals surface area contributed by atoms with Crippen molar-refractivity contribution in [2.45, 2.75) is 26.3 Å². The van der Waals surface area contributed by atoms with Crippen molar-refractivity contribution in [3.8, 4) is 6.07 Å². The van der Waals surface area contributed by atoms with E-state index in [4.69, 9.17) is 5.26 Å². The van der Waals surface area contributed by atoms with Crippen LogP contribution in [0.5, 0.6) is 0 Å². The lowest BCUT2D eigenvalue weighted by Gasteiger charge is -2.07. The van der Waals surface area contributed by atoms with Crippen molar-refractivity contribution < 1.29 is 4.79 Å². The Balaban J connectivity index is 3.27.